The molecule has 1 heterocycles. The van der Waals surface area contributed by atoms with Crippen molar-refractivity contribution in [2.24, 2.45) is 0 Å². The lowest BCUT2D eigenvalue weighted by Crippen LogP contribution is -2.37. The predicted octanol–water partition coefficient (Wildman–Crippen LogP) is 1.01. The van der Waals surface area contributed by atoms with Crippen molar-refractivity contribution in [1.29, 1.82) is 0 Å². The minimum atomic E-state index is -0.360. The maximum Gasteiger partial charge on any atom is 0.258 e. The normalized spacial score (nSPS) is 16.1. The molecule has 5 nitrogen and oxygen atoms in total. The third-order valence-electron chi connectivity index (χ3n) is 2.74. The van der Waals surface area contributed by atoms with Gasteiger partial charge >= 0.3 is 0 Å². The van der Waals surface area contributed by atoms with Crippen LogP contribution in [0.2, 0.25) is 5.02 Å². The third-order valence-corrected chi connectivity index (χ3v) is 2.97. The molecule has 6 heteroatoms. The first-order valence-electron chi connectivity index (χ1n) is 5.62. The van der Waals surface area contributed by atoms with Crippen LogP contribution < -0.4 is 5.32 Å². The average molecular weight is 269 g/mol. The van der Waals surface area contributed by atoms with Crippen molar-refractivity contribution in [2.45, 2.75) is 6.42 Å². The van der Waals surface area contributed by atoms with Crippen LogP contribution in [-0.4, -0.2) is 41.5 Å². The van der Waals surface area contributed by atoms with E-state index in [4.69, 9.17) is 11.6 Å². The second-order valence-corrected chi connectivity index (χ2v) is 4.53. The number of phenolic OH excluding ortho intramolecular Hbond substituents is 1. The number of rotatable bonds is 1. The first kappa shape index (κ1) is 12.7. The van der Waals surface area contributed by atoms with Gasteiger partial charge in [0.05, 0.1) is 12.1 Å². The zero-order valence-electron chi connectivity index (χ0n) is 9.65. The minimum absolute atomic E-state index is 0.0148. The molecule has 0 bridgehead atoms. The Morgan fingerprint density at radius 3 is 2.94 bits per heavy atom. The number of hydrogen-bond acceptors (Lipinski definition) is 3. The van der Waals surface area contributed by atoms with Gasteiger partial charge in [0.2, 0.25) is 5.91 Å². The summed E-state index contributed by atoms with van der Waals surface area (Å²) in [5.41, 5.74) is 0.161. The highest BCUT2D eigenvalue weighted by Gasteiger charge is 2.22. The number of nitrogens with one attached hydrogen (secondary N) is 1. The van der Waals surface area contributed by atoms with E-state index in [1.807, 2.05) is 0 Å². The Hall–Kier alpha value is -1.75. The number of phenols is 1. The molecule has 1 fully saturated rings. The van der Waals surface area contributed by atoms with E-state index in [1.165, 1.54) is 23.1 Å². The Morgan fingerprint density at radius 1 is 1.44 bits per heavy atom. The highest BCUT2D eigenvalue weighted by Crippen LogP contribution is 2.23. The van der Waals surface area contributed by atoms with Crippen LogP contribution in [0.3, 0.4) is 0 Å². The summed E-state index contributed by atoms with van der Waals surface area (Å²) in [6, 6.07) is 4.31. The molecule has 1 aromatic carbocycles. The van der Waals surface area contributed by atoms with E-state index in [2.05, 4.69) is 5.32 Å². The molecular weight excluding hydrogens is 256 g/mol. The van der Waals surface area contributed by atoms with Gasteiger partial charge in [-0.2, -0.15) is 0 Å². The van der Waals surface area contributed by atoms with Crippen molar-refractivity contribution in [1.82, 2.24) is 10.2 Å². The summed E-state index contributed by atoms with van der Waals surface area (Å²) in [4.78, 5) is 25.0. The SMILES string of the molecule is O=C1CN(C(=O)c2ccc(Cl)cc2O)CCCN1. The number of aromatic hydroxyl groups is 1. The number of hydrogen-bond donors (Lipinski definition) is 2. The number of benzene rings is 1. The van der Waals surface area contributed by atoms with Crippen LogP contribution in [0.15, 0.2) is 18.2 Å². The summed E-state index contributed by atoms with van der Waals surface area (Å²) in [5.74, 6) is -0.715. The molecule has 96 valence electrons. The summed E-state index contributed by atoms with van der Waals surface area (Å²) in [5, 5.41) is 12.7. The second kappa shape index (κ2) is 5.27. The predicted molar refractivity (Wildman–Crippen MR) is 66.6 cm³/mol. The Morgan fingerprint density at radius 2 is 2.22 bits per heavy atom. The molecule has 1 aromatic rings. The monoisotopic (exact) mass is 268 g/mol. The van der Waals surface area contributed by atoms with E-state index in [-0.39, 0.29) is 29.7 Å². The summed E-state index contributed by atoms with van der Waals surface area (Å²) < 4.78 is 0. The van der Waals surface area contributed by atoms with Crippen molar-refractivity contribution in [2.75, 3.05) is 19.6 Å². The average Bonchev–Trinajstić information content (AvgIpc) is 2.53. The Balaban J connectivity index is 2.21. The van der Waals surface area contributed by atoms with Crippen molar-refractivity contribution >= 4 is 23.4 Å². The van der Waals surface area contributed by atoms with E-state index in [9.17, 15) is 14.7 Å². The summed E-state index contributed by atoms with van der Waals surface area (Å²) in [7, 11) is 0. The molecule has 0 spiro atoms. The van der Waals surface area contributed by atoms with Crippen LogP contribution in [0, 0.1) is 0 Å². The standard InChI is InChI=1S/C12H13ClN2O3/c13-8-2-3-9(10(16)6-8)12(18)15-5-1-4-14-11(17)7-15/h2-3,6,16H,1,4-5,7H2,(H,14,17). The Kier molecular flexibility index (Phi) is 3.72. The van der Waals surface area contributed by atoms with E-state index in [0.717, 1.165) is 0 Å². The van der Waals surface area contributed by atoms with Crippen LogP contribution in [0.5, 0.6) is 5.75 Å². The summed E-state index contributed by atoms with van der Waals surface area (Å²) >= 11 is 5.71. The maximum absolute atomic E-state index is 12.2. The smallest absolute Gasteiger partial charge is 0.258 e. The largest absolute Gasteiger partial charge is 0.507 e. The van der Waals surface area contributed by atoms with Gasteiger partial charge in [-0.1, -0.05) is 11.6 Å². The molecule has 1 aliphatic rings. The second-order valence-electron chi connectivity index (χ2n) is 4.09. The van der Waals surface area contributed by atoms with Crippen LogP contribution in [0.1, 0.15) is 16.8 Å². The molecule has 1 aliphatic heterocycles. The van der Waals surface area contributed by atoms with E-state index in [0.29, 0.717) is 24.5 Å². The van der Waals surface area contributed by atoms with Crippen LogP contribution in [-0.2, 0) is 4.79 Å². The molecule has 2 rings (SSSR count). The van der Waals surface area contributed by atoms with Gasteiger partial charge in [-0.15, -0.1) is 0 Å². The molecule has 0 atom stereocenters. The number of carbonyl (C=O) groups is 2. The molecule has 0 aromatic heterocycles. The number of amides is 2. The van der Waals surface area contributed by atoms with Crippen molar-refractivity contribution in [3.63, 3.8) is 0 Å². The first-order chi connectivity index (χ1) is 8.58. The lowest BCUT2D eigenvalue weighted by Gasteiger charge is -2.19. The van der Waals surface area contributed by atoms with E-state index < -0.39 is 0 Å². The van der Waals surface area contributed by atoms with Crippen LogP contribution in [0.25, 0.3) is 0 Å². The molecule has 2 N–H and O–H groups in total. The molecule has 0 radical (unpaired) electrons. The van der Waals surface area contributed by atoms with E-state index in [1.54, 1.807) is 0 Å². The lowest BCUT2D eigenvalue weighted by molar-refractivity contribution is -0.121. The van der Waals surface area contributed by atoms with Gasteiger partial charge in [-0.05, 0) is 24.6 Å². The fourth-order valence-corrected chi connectivity index (χ4v) is 2.00. The lowest BCUT2D eigenvalue weighted by atomic mass is 10.1. The van der Waals surface area contributed by atoms with Gasteiger partial charge < -0.3 is 15.3 Å². The van der Waals surface area contributed by atoms with Crippen molar-refractivity contribution in [3.8, 4) is 5.75 Å². The minimum Gasteiger partial charge on any atom is -0.507 e. The molecular formula is C12H13ClN2O3. The number of carbonyl (C=O) groups excluding carboxylic acids is 2. The summed E-state index contributed by atoms with van der Waals surface area (Å²) in [6.07, 6.45) is 0.700. The summed E-state index contributed by atoms with van der Waals surface area (Å²) in [6.45, 7) is 1.07. The Labute approximate surface area is 109 Å². The molecule has 0 saturated carbocycles. The van der Waals surface area contributed by atoms with Gasteiger partial charge in [0.1, 0.15) is 5.75 Å². The Bertz CT molecular complexity index is 490. The number of nitrogens with zero attached hydrogens (tertiary/aromatic N) is 1. The molecule has 18 heavy (non-hydrogen) atoms. The maximum atomic E-state index is 12.2. The number of halogens is 1. The topological polar surface area (TPSA) is 69.6 Å². The zero-order chi connectivity index (χ0) is 13.1. The third kappa shape index (κ3) is 2.73. The van der Waals surface area contributed by atoms with Gasteiger partial charge in [0.15, 0.2) is 0 Å². The quantitative estimate of drug-likeness (QED) is 0.799. The van der Waals surface area contributed by atoms with Crippen molar-refractivity contribution < 1.29 is 14.7 Å². The van der Waals surface area contributed by atoms with Gasteiger partial charge in [-0.3, -0.25) is 9.59 Å². The molecule has 0 unspecified atom stereocenters. The zero-order valence-corrected chi connectivity index (χ0v) is 10.4. The fraction of sp³-hybridized carbons (Fsp3) is 0.333. The highest BCUT2D eigenvalue weighted by atomic mass is 35.5. The van der Waals surface area contributed by atoms with Gasteiger partial charge in [0, 0.05) is 18.1 Å². The molecule has 0 aliphatic carbocycles. The van der Waals surface area contributed by atoms with Gasteiger partial charge in [-0.25, -0.2) is 0 Å². The highest BCUT2D eigenvalue weighted by molar-refractivity contribution is 6.30. The first-order valence-corrected chi connectivity index (χ1v) is 6.00. The van der Waals surface area contributed by atoms with Crippen molar-refractivity contribution in [3.05, 3.63) is 28.8 Å². The van der Waals surface area contributed by atoms with Gasteiger partial charge in [0.25, 0.3) is 5.91 Å². The fourth-order valence-electron chi connectivity index (χ4n) is 1.84. The van der Waals surface area contributed by atoms with Crippen LogP contribution in [0.4, 0.5) is 0 Å². The van der Waals surface area contributed by atoms with E-state index >= 15 is 0 Å². The molecule has 1 saturated heterocycles. The molecule has 2 amide bonds. The van der Waals surface area contributed by atoms with Crippen LogP contribution >= 0.6 is 11.6 Å².